The Bertz CT molecular complexity index is 915. The minimum Gasteiger partial charge on any atom is -0.368 e. The first-order chi connectivity index (χ1) is 15.0. The van der Waals surface area contributed by atoms with E-state index in [1.807, 2.05) is 0 Å². The Morgan fingerprint density at radius 2 is 1.71 bits per heavy atom. The Labute approximate surface area is 186 Å². The van der Waals surface area contributed by atoms with Gasteiger partial charge in [-0.1, -0.05) is 74.5 Å². The van der Waals surface area contributed by atoms with Crippen molar-refractivity contribution in [2.75, 3.05) is 6.54 Å². The number of fused-ring (bicyclic) bond motifs is 1. The Kier molecular flexibility index (Phi) is 5.39. The fourth-order valence-corrected chi connectivity index (χ4v) is 7.02. The summed E-state index contributed by atoms with van der Waals surface area (Å²) in [7, 11) is 0. The second-order valence-electron chi connectivity index (χ2n) is 10.4. The van der Waals surface area contributed by atoms with E-state index in [0.29, 0.717) is 29.8 Å². The van der Waals surface area contributed by atoms with Gasteiger partial charge in [-0.3, -0.25) is 9.69 Å². The maximum absolute atomic E-state index is 12.9. The predicted molar refractivity (Wildman–Crippen MR) is 124 cm³/mol. The molecule has 0 radical (unpaired) electrons. The number of rotatable bonds is 7. The van der Waals surface area contributed by atoms with Crippen molar-refractivity contribution >= 4 is 5.91 Å². The second-order valence-corrected chi connectivity index (χ2v) is 10.4. The summed E-state index contributed by atoms with van der Waals surface area (Å²) in [4.78, 5) is 15.7. The predicted octanol–water partition coefficient (Wildman–Crippen LogP) is 3.61. The smallest absolute Gasteiger partial charge is 0.238 e. The van der Waals surface area contributed by atoms with E-state index in [1.54, 1.807) is 0 Å². The SMILES string of the molecule is CC(C)CC1C2C3CNC1(C(N)=O)CC3C(Cc1ccccc1)N2Cc1ccccc1. The van der Waals surface area contributed by atoms with Crippen molar-refractivity contribution in [3.8, 4) is 0 Å². The molecule has 2 aromatic carbocycles. The molecule has 3 aliphatic heterocycles. The van der Waals surface area contributed by atoms with Gasteiger partial charge in [-0.2, -0.15) is 0 Å². The van der Waals surface area contributed by atoms with E-state index in [1.165, 1.54) is 11.1 Å². The third kappa shape index (κ3) is 3.50. The number of nitrogens with one attached hydrogen (secondary N) is 1. The zero-order valence-corrected chi connectivity index (χ0v) is 18.7. The summed E-state index contributed by atoms with van der Waals surface area (Å²) in [6.45, 7) is 6.39. The molecule has 3 N–H and O–H groups in total. The van der Waals surface area contributed by atoms with Crippen LogP contribution in [-0.4, -0.2) is 35.0 Å². The molecule has 4 fully saturated rings. The molecule has 6 atom stereocenters. The van der Waals surface area contributed by atoms with Crippen molar-refractivity contribution in [1.82, 2.24) is 10.2 Å². The van der Waals surface area contributed by atoms with Gasteiger partial charge in [0.05, 0.1) is 0 Å². The van der Waals surface area contributed by atoms with Crippen LogP contribution in [0.4, 0.5) is 0 Å². The van der Waals surface area contributed by atoms with Gasteiger partial charge in [-0.05, 0) is 48.1 Å². The number of likely N-dealkylation sites (tertiary alicyclic amines) is 1. The summed E-state index contributed by atoms with van der Waals surface area (Å²) in [5, 5.41) is 3.66. The molecule has 6 rings (SSSR count). The van der Waals surface area contributed by atoms with Gasteiger partial charge in [0.2, 0.25) is 5.91 Å². The number of nitrogens with zero attached hydrogens (tertiary/aromatic N) is 1. The van der Waals surface area contributed by atoms with Crippen LogP contribution in [0.25, 0.3) is 0 Å². The summed E-state index contributed by atoms with van der Waals surface area (Å²) in [6, 6.07) is 22.5. The van der Waals surface area contributed by atoms with E-state index in [0.717, 1.165) is 32.4 Å². The molecule has 4 bridgehead atoms. The van der Waals surface area contributed by atoms with Crippen LogP contribution in [-0.2, 0) is 17.8 Å². The second kappa shape index (κ2) is 8.07. The molecule has 1 saturated carbocycles. The number of amides is 1. The topological polar surface area (TPSA) is 58.4 Å². The molecule has 4 aliphatic rings. The van der Waals surface area contributed by atoms with Crippen LogP contribution >= 0.6 is 0 Å². The van der Waals surface area contributed by atoms with E-state index in [2.05, 4.69) is 84.7 Å². The lowest BCUT2D eigenvalue weighted by Crippen LogP contribution is -2.73. The Morgan fingerprint density at radius 3 is 2.32 bits per heavy atom. The summed E-state index contributed by atoms with van der Waals surface area (Å²) >= 11 is 0. The number of hydrogen-bond acceptors (Lipinski definition) is 3. The number of primary amides is 1. The van der Waals surface area contributed by atoms with Crippen molar-refractivity contribution in [1.29, 1.82) is 0 Å². The standard InChI is InChI=1S/C27H35N3O/c1-18(2)13-23-25-22-16-29-27(23,26(28)31)15-21(22)24(14-19-9-5-3-6-10-19)30(25)17-20-11-7-4-8-12-20/h3-12,18,21-25,29H,13-17H2,1-2H3,(H2,28,31). The van der Waals surface area contributed by atoms with Crippen LogP contribution in [0.3, 0.4) is 0 Å². The highest BCUT2D eigenvalue weighted by molar-refractivity contribution is 5.86. The molecule has 2 aromatic rings. The highest BCUT2D eigenvalue weighted by Crippen LogP contribution is 2.56. The first kappa shape index (κ1) is 20.7. The van der Waals surface area contributed by atoms with Gasteiger partial charge in [-0.15, -0.1) is 0 Å². The zero-order chi connectivity index (χ0) is 21.6. The van der Waals surface area contributed by atoms with Crippen LogP contribution < -0.4 is 11.1 Å². The molecule has 1 amide bonds. The third-order valence-electron chi connectivity index (χ3n) is 8.21. The van der Waals surface area contributed by atoms with Gasteiger partial charge in [0.25, 0.3) is 0 Å². The molecule has 3 heterocycles. The number of piperidine rings is 2. The van der Waals surface area contributed by atoms with Crippen molar-refractivity contribution in [2.45, 2.75) is 57.3 Å². The third-order valence-corrected chi connectivity index (χ3v) is 8.21. The summed E-state index contributed by atoms with van der Waals surface area (Å²) in [5.74, 6) is 1.75. The molecular weight excluding hydrogens is 382 g/mol. The van der Waals surface area contributed by atoms with Crippen LogP contribution in [0.1, 0.15) is 37.8 Å². The Morgan fingerprint density at radius 1 is 1.06 bits per heavy atom. The first-order valence-electron chi connectivity index (χ1n) is 11.9. The maximum Gasteiger partial charge on any atom is 0.238 e. The quantitative estimate of drug-likeness (QED) is 0.724. The lowest BCUT2D eigenvalue weighted by atomic mass is 9.57. The van der Waals surface area contributed by atoms with Gasteiger partial charge >= 0.3 is 0 Å². The normalized spacial score (nSPS) is 34.4. The van der Waals surface area contributed by atoms with Crippen LogP contribution in [0.2, 0.25) is 0 Å². The van der Waals surface area contributed by atoms with E-state index >= 15 is 0 Å². The number of carbonyl (C=O) groups is 1. The summed E-state index contributed by atoms with van der Waals surface area (Å²) in [5.41, 5.74) is 8.31. The van der Waals surface area contributed by atoms with Gasteiger partial charge in [-0.25, -0.2) is 0 Å². The fourth-order valence-electron chi connectivity index (χ4n) is 7.02. The summed E-state index contributed by atoms with van der Waals surface area (Å²) < 4.78 is 0. The monoisotopic (exact) mass is 417 g/mol. The molecular formula is C27H35N3O. The molecule has 3 saturated heterocycles. The molecule has 4 heteroatoms. The minimum atomic E-state index is -0.561. The molecule has 31 heavy (non-hydrogen) atoms. The fraction of sp³-hybridized carbons (Fsp3) is 0.519. The number of benzene rings is 2. The molecule has 4 nitrogen and oxygen atoms in total. The van der Waals surface area contributed by atoms with Crippen molar-refractivity contribution in [3.63, 3.8) is 0 Å². The number of carbonyl (C=O) groups excluding carboxylic acids is 1. The van der Waals surface area contributed by atoms with E-state index < -0.39 is 5.54 Å². The number of nitrogens with two attached hydrogens (primary N) is 1. The van der Waals surface area contributed by atoms with Gasteiger partial charge in [0.15, 0.2) is 0 Å². The maximum atomic E-state index is 12.9. The Balaban J connectivity index is 1.56. The van der Waals surface area contributed by atoms with Gasteiger partial charge < -0.3 is 11.1 Å². The highest BCUT2D eigenvalue weighted by Gasteiger charge is 2.66. The molecule has 0 spiro atoms. The lowest BCUT2D eigenvalue weighted by Gasteiger charge is -2.56. The van der Waals surface area contributed by atoms with Gasteiger partial charge in [0.1, 0.15) is 5.54 Å². The zero-order valence-electron chi connectivity index (χ0n) is 18.7. The highest BCUT2D eigenvalue weighted by atomic mass is 16.1. The lowest BCUT2D eigenvalue weighted by molar-refractivity contribution is -0.135. The van der Waals surface area contributed by atoms with Crippen molar-refractivity contribution < 1.29 is 4.79 Å². The van der Waals surface area contributed by atoms with E-state index in [9.17, 15) is 4.79 Å². The van der Waals surface area contributed by atoms with Crippen LogP contribution in [0.5, 0.6) is 0 Å². The molecule has 0 aromatic heterocycles. The van der Waals surface area contributed by atoms with Crippen molar-refractivity contribution in [3.05, 3.63) is 71.8 Å². The summed E-state index contributed by atoms with van der Waals surface area (Å²) in [6.07, 6.45) is 2.95. The van der Waals surface area contributed by atoms with E-state index in [-0.39, 0.29) is 11.8 Å². The minimum absolute atomic E-state index is 0.147. The first-order valence-corrected chi connectivity index (χ1v) is 11.9. The van der Waals surface area contributed by atoms with E-state index in [4.69, 9.17) is 5.73 Å². The largest absolute Gasteiger partial charge is 0.368 e. The molecule has 1 aliphatic carbocycles. The molecule has 6 unspecified atom stereocenters. The number of hydrogen-bond donors (Lipinski definition) is 2. The Hall–Kier alpha value is -2.17. The van der Waals surface area contributed by atoms with Crippen LogP contribution in [0, 0.1) is 23.7 Å². The van der Waals surface area contributed by atoms with Gasteiger partial charge in [0, 0.05) is 31.1 Å². The average Bonchev–Trinajstić information content (AvgIpc) is 3.01. The van der Waals surface area contributed by atoms with Crippen molar-refractivity contribution in [2.24, 2.45) is 29.4 Å². The molecule has 164 valence electrons. The average molecular weight is 418 g/mol. The van der Waals surface area contributed by atoms with Crippen LogP contribution in [0.15, 0.2) is 60.7 Å².